The molecule has 0 saturated carbocycles. The quantitative estimate of drug-likeness (QED) is 0.0964. The number of nitrogens with zero attached hydrogens (tertiary/aromatic N) is 4. The molecule has 4 aromatic rings. The number of anilines is 2. The van der Waals surface area contributed by atoms with Crippen molar-refractivity contribution in [3.8, 4) is 5.69 Å². The number of rotatable bonds is 17. The van der Waals surface area contributed by atoms with E-state index in [1.165, 1.54) is 17.1 Å². The second-order valence-corrected chi connectivity index (χ2v) is 12.4. The molecule has 0 saturated heterocycles. The van der Waals surface area contributed by atoms with E-state index in [0.717, 1.165) is 16.9 Å². The van der Waals surface area contributed by atoms with Crippen molar-refractivity contribution in [2.24, 2.45) is 0 Å². The number of hydrogen-bond donors (Lipinski definition) is 3. The summed E-state index contributed by atoms with van der Waals surface area (Å²) in [6.45, 7) is 5.23. The lowest BCUT2D eigenvalue weighted by atomic mass is 10.1. The molecule has 232 valence electrons. The van der Waals surface area contributed by atoms with E-state index in [4.69, 9.17) is 20.6 Å². The van der Waals surface area contributed by atoms with Gasteiger partial charge in [0.25, 0.3) is 0 Å². The normalized spacial score (nSPS) is 12.2. The fourth-order valence-corrected chi connectivity index (χ4v) is 6.16. The first-order valence-corrected chi connectivity index (χ1v) is 16.5. The van der Waals surface area contributed by atoms with Crippen LogP contribution in [0.4, 0.5) is 11.4 Å². The summed E-state index contributed by atoms with van der Waals surface area (Å²) < 4.78 is 24.9. The first kappa shape index (κ1) is 32.9. The second kappa shape index (κ2) is 16.7. The Kier molecular flexibility index (Phi) is 12.5. The maximum absolute atomic E-state index is 13.1. The molecule has 4 rings (SSSR count). The molecule has 0 bridgehead atoms. The van der Waals surface area contributed by atoms with Crippen LogP contribution in [0.1, 0.15) is 25.0 Å². The van der Waals surface area contributed by atoms with Crippen molar-refractivity contribution in [3.63, 3.8) is 0 Å². The minimum Gasteiger partial charge on any atom is -0.384 e. The van der Waals surface area contributed by atoms with Gasteiger partial charge in [0.1, 0.15) is 6.33 Å². The SMILES string of the molecule is CCOP(=O)(CCNc1ccc(NCC(Cc2ccccc2)NC(=O)C=Cc2cc(Cl)ccc2-n2cnnn2)cc1)OCC. The van der Waals surface area contributed by atoms with Crippen molar-refractivity contribution in [2.75, 3.05) is 43.1 Å². The molecule has 1 amide bonds. The summed E-state index contributed by atoms with van der Waals surface area (Å²) in [7, 11) is -3.10. The van der Waals surface area contributed by atoms with Crippen LogP contribution < -0.4 is 16.0 Å². The smallest absolute Gasteiger partial charge is 0.332 e. The van der Waals surface area contributed by atoms with E-state index in [0.29, 0.717) is 49.0 Å². The van der Waals surface area contributed by atoms with Gasteiger partial charge in [0, 0.05) is 41.1 Å². The van der Waals surface area contributed by atoms with Crippen LogP contribution in [0.25, 0.3) is 11.8 Å². The highest BCUT2D eigenvalue weighted by Gasteiger charge is 2.22. The van der Waals surface area contributed by atoms with E-state index in [-0.39, 0.29) is 18.1 Å². The number of aromatic nitrogens is 4. The van der Waals surface area contributed by atoms with E-state index < -0.39 is 7.60 Å². The van der Waals surface area contributed by atoms with Crippen molar-refractivity contribution in [3.05, 3.63) is 101 Å². The zero-order valence-electron chi connectivity index (χ0n) is 24.7. The lowest BCUT2D eigenvalue weighted by Gasteiger charge is -2.20. The molecule has 11 nitrogen and oxygen atoms in total. The van der Waals surface area contributed by atoms with E-state index in [9.17, 15) is 9.36 Å². The minimum absolute atomic E-state index is 0.197. The molecule has 0 spiro atoms. The van der Waals surface area contributed by atoms with Crippen LogP contribution >= 0.6 is 19.2 Å². The Bertz CT molecular complexity index is 1530. The summed E-state index contributed by atoms with van der Waals surface area (Å²) >= 11 is 6.21. The molecule has 13 heteroatoms. The van der Waals surface area contributed by atoms with Crippen LogP contribution in [0.15, 0.2) is 85.2 Å². The third-order valence-electron chi connectivity index (χ3n) is 6.47. The van der Waals surface area contributed by atoms with Gasteiger partial charge in [0.2, 0.25) is 5.91 Å². The molecule has 1 atom stereocenters. The van der Waals surface area contributed by atoms with Crippen LogP contribution in [-0.2, 0) is 24.8 Å². The zero-order chi connectivity index (χ0) is 31.2. The molecule has 3 aromatic carbocycles. The number of benzene rings is 3. The average Bonchev–Trinajstić information content (AvgIpc) is 3.55. The maximum atomic E-state index is 13.1. The lowest BCUT2D eigenvalue weighted by Crippen LogP contribution is -2.40. The van der Waals surface area contributed by atoms with Gasteiger partial charge >= 0.3 is 7.60 Å². The van der Waals surface area contributed by atoms with Crippen LogP contribution in [0.2, 0.25) is 5.02 Å². The standard InChI is InChI=1S/C31H37ClN7O4P/c1-3-42-44(41,43-4-2)19-18-33-27-12-14-28(15-13-27)34-22-29(20-24-8-6-5-7-9-24)36-31(40)17-10-25-21-26(32)11-16-30(25)39-23-35-37-38-39/h5-17,21,23,29,33-34H,3-4,18-20,22H2,1-2H3,(H,36,40). The Morgan fingerprint density at radius 2 is 1.70 bits per heavy atom. The second-order valence-electron chi connectivity index (χ2n) is 9.74. The van der Waals surface area contributed by atoms with E-state index in [1.807, 2.05) is 54.6 Å². The molecule has 0 radical (unpaired) electrons. The largest absolute Gasteiger partial charge is 0.384 e. The number of hydrogen-bond acceptors (Lipinski definition) is 9. The highest BCUT2D eigenvalue weighted by Crippen LogP contribution is 2.47. The number of tetrazole rings is 1. The molecule has 0 fully saturated rings. The van der Waals surface area contributed by atoms with Gasteiger partial charge in [-0.2, -0.15) is 4.68 Å². The minimum atomic E-state index is -3.10. The van der Waals surface area contributed by atoms with Crippen LogP contribution in [0, 0.1) is 0 Å². The van der Waals surface area contributed by atoms with Gasteiger partial charge in [-0.25, -0.2) is 0 Å². The van der Waals surface area contributed by atoms with Crippen LogP contribution in [0.3, 0.4) is 0 Å². The molecule has 1 aromatic heterocycles. The number of amides is 1. The van der Waals surface area contributed by atoms with Gasteiger partial charge in [-0.3, -0.25) is 9.36 Å². The number of nitrogens with one attached hydrogen (secondary N) is 3. The van der Waals surface area contributed by atoms with Gasteiger partial charge in [-0.05, 0) is 84.8 Å². The Labute approximate surface area is 262 Å². The summed E-state index contributed by atoms with van der Waals surface area (Å²) in [5.74, 6) is -0.244. The Morgan fingerprint density at radius 1 is 1.00 bits per heavy atom. The third kappa shape index (κ3) is 10.3. The Hall–Kier alpha value is -4.02. The van der Waals surface area contributed by atoms with Crippen molar-refractivity contribution < 1.29 is 18.4 Å². The summed E-state index contributed by atoms with van der Waals surface area (Å²) in [5, 5.41) is 21.7. The van der Waals surface area contributed by atoms with Gasteiger partial charge < -0.3 is 25.0 Å². The number of carbonyl (C=O) groups is 1. The van der Waals surface area contributed by atoms with E-state index in [2.05, 4.69) is 31.5 Å². The van der Waals surface area contributed by atoms with Gasteiger partial charge in [-0.1, -0.05) is 41.9 Å². The Morgan fingerprint density at radius 3 is 2.36 bits per heavy atom. The summed E-state index contributed by atoms with van der Waals surface area (Å²) in [6, 6.07) is 22.9. The van der Waals surface area contributed by atoms with Gasteiger partial charge in [-0.15, -0.1) is 5.10 Å². The lowest BCUT2D eigenvalue weighted by molar-refractivity contribution is -0.117. The van der Waals surface area contributed by atoms with Crippen molar-refractivity contribution in [2.45, 2.75) is 26.3 Å². The van der Waals surface area contributed by atoms with Gasteiger partial charge in [0.15, 0.2) is 0 Å². The fourth-order valence-electron chi connectivity index (χ4n) is 4.47. The summed E-state index contributed by atoms with van der Waals surface area (Å²) in [6.07, 6.45) is 5.57. The monoisotopic (exact) mass is 637 g/mol. The maximum Gasteiger partial charge on any atom is 0.332 e. The molecular formula is C31H37ClN7O4P. The average molecular weight is 638 g/mol. The first-order chi connectivity index (χ1) is 21.4. The molecular weight excluding hydrogens is 601 g/mol. The number of carbonyl (C=O) groups excluding carboxylic acids is 1. The molecule has 0 aliphatic rings. The highest BCUT2D eigenvalue weighted by molar-refractivity contribution is 7.53. The molecule has 1 heterocycles. The molecule has 0 aliphatic heterocycles. The summed E-state index contributed by atoms with van der Waals surface area (Å²) in [4.78, 5) is 13.1. The summed E-state index contributed by atoms with van der Waals surface area (Å²) in [5.41, 5.74) is 4.29. The van der Waals surface area contributed by atoms with E-state index in [1.54, 1.807) is 38.1 Å². The zero-order valence-corrected chi connectivity index (χ0v) is 26.4. The molecule has 3 N–H and O–H groups in total. The van der Waals surface area contributed by atoms with Gasteiger partial charge in [0.05, 0.1) is 31.1 Å². The van der Waals surface area contributed by atoms with Crippen LogP contribution in [0.5, 0.6) is 0 Å². The first-order valence-electron chi connectivity index (χ1n) is 14.4. The number of halogens is 1. The predicted molar refractivity (Wildman–Crippen MR) is 174 cm³/mol. The van der Waals surface area contributed by atoms with Crippen molar-refractivity contribution >= 4 is 42.6 Å². The molecule has 1 unspecified atom stereocenters. The predicted octanol–water partition coefficient (Wildman–Crippen LogP) is 5.85. The van der Waals surface area contributed by atoms with E-state index >= 15 is 0 Å². The molecule has 0 aliphatic carbocycles. The topological polar surface area (TPSA) is 132 Å². The molecule has 44 heavy (non-hydrogen) atoms. The van der Waals surface area contributed by atoms with Crippen molar-refractivity contribution in [1.82, 2.24) is 25.5 Å². The third-order valence-corrected chi connectivity index (χ3v) is 8.78. The fraction of sp³-hybridized carbons (Fsp3) is 0.290. The Balaban J connectivity index is 1.37. The highest BCUT2D eigenvalue weighted by atomic mass is 35.5. The van der Waals surface area contributed by atoms with Crippen LogP contribution in [-0.4, -0.2) is 64.6 Å². The van der Waals surface area contributed by atoms with Crippen molar-refractivity contribution in [1.29, 1.82) is 0 Å².